The lowest BCUT2D eigenvalue weighted by atomic mass is 10.00. The molecule has 1 aliphatic rings. The van der Waals surface area contributed by atoms with E-state index >= 15 is 0 Å². The number of hydrogen-bond donors (Lipinski definition) is 2. The molecule has 3 heterocycles. The SMILES string of the molecule is C#Cc1cccc(Oc2ccc(-c3nn(C[C@H]4CCCNC4)c4ncnc(N)c34)cc2)c1. The van der Waals surface area contributed by atoms with Crippen LogP contribution in [0.3, 0.4) is 0 Å². The van der Waals surface area contributed by atoms with Crippen LogP contribution in [0.5, 0.6) is 11.5 Å². The lowest BCUT2D eigenvalue weighted by Gasteiger charge is -2.22. The normalized spacial score (nSPS) is 16.0. The molecular formula is C25H24N6O. The molecule has 0 saturated carbocycles. The van der Waals surface area contributed by atoms with E-state index in [1.54, 1.807) is 0 Å². The summed E-state index contributed by atoms with van der Waals surface area (Å²) in [7, 11) is 0. The maximum atomic E-state index is 6.24. The molecule has 0 amide bonds. The van der Waals surface area contributed by atoms with Crippen LogP contribution in [-0.4, -0.2) is 32.8 Å². The molecule has 160 valence electrons. The van der Waals surface area contributed by atoms with Crippen molar-refractivity contribution in [2.45, 2.75) is 19.4 Å². The summed E-state index contributed by atoms with van der Waals surface area (Å²) in [5.74, 6) is 4.98. The van der Waals surface area contributed by atoms with Crippen molar-refractivity contribution in [1.82, 2.24) is 25.1 Å². The molecule has 0 unspecified atom stereocenters. The number of hydrogen-bond acceptors (Lipinski definition) is 6. The summed E-state index contributed by atoms with van der Waals surface area (Å²) in [5.41, 5.74) is 9.50. The molecule has 32 heavy (non-hydrogen) atoms. The van der Waals surface area contributed by atoms with Gasteiger partial charge < -0.3 is 15.8 Å². The number of nitrogens with one attached hydrogen (secondary N) is 1. The second kappa shape index (κ2) is 8.69. The summed E-state index contributed by atoms with van der Waals surface area (Å²) in [6.07, 6.45) is 9.33. The van der Waals surface area contributed by atoms with Crippen LogP contribution < -0.4 is 15.8 Å². The summed E-state index contributed by atoms with van der Waals surface area (Å²) < 4.78 is 7.92. The Morgan fingerprint density at radius 1 is 1.16 bits per heavy atom. The number of aromatic nitrogens is 4. The van der Waals surface area contributed by atoms with Crippen molar-refractivity contribution in [1.29, 1.82) is 0 Å². The van der Waals surface area contributed by atoms with Crippen LogP contribution in [-0.2, 0) is 6.54 Å². The molecule has 7 nitrogen and oxygen atoms in total. The summed E-state index contributed by atoms with van der Waals surface area (Å²) in [6, 6.07) is 15.2. The molecule has 4 aromatic rings. The van der Waals surface area contributed by atoms with Gasteiger partial charge in [-0.1, -0.05) is 12.0 Å². The van der Waals surface area contributed by atoms with E-state index < -0.39 is 0 Å². The van der Waals surface area contributed by atoms with Gasteiger partial charge in [-0.3, -0.25) is 0 Å². The molecule has 3 N–H and O–H groups in total. The Bertz CT molecular complexity index is 1280. The van der Waals surface area contributed by atoms with Gasteiger partial charge in [0.25, 0.3) is 0 Å². The molecule has 0 radical (unpaired) electrons. The first kappa shape index (κ1) is 20.0. The first-order chi connectivity index (χ1) is 15.7. The summed E-state index contributed by atoms with van der Waals surface area (Å²) in [4.78, 5) is 8.69. The van der Waals surface area contributed by atoms with E-state index in [0.717, 1.165) is 47.5 Å². The summed E-state index contributed by atoms with van der Waals surface area (Å²) in [5, 5.41) is 9.14. The van der Waals surface area contributed by atoms with Gasteiger partial charge in [-0.05, 0) is 74.3 Å². The summed E-state index contributed by atoms with van der Waals surface area (Å²) in [6.45, 7) is 2.87. The van der Waals surface area contributed by atoms with Crippen molar-refractivity contribution < 1.29 is 4.74 Å². The third-order valence-electron chi connectivity index (χ3n) is 5.75. The molecule has 2 aromatic heterocycles. The van der Waals surface area contributed by atoms with E-state index in [1.165, 1.54) is 19.2 Å². The topological polar surface area (TPSA) is 90.9 Å². The Balaban J connectivity index is 1.45. The van der Waals surface area contributed by atoms with Gasteiger partial charge in [-0.25, -0.2) is 14.6 Å². The highest BCUT2D eigenvalue weighted by atomic mass is 16.5. The van der Waals surface area contributed by atoms with Crippen LogP contribution in [0.25, 0.3) is 22.3 Å². The first-order valence-electron chi connectivity index (χ1n) is 10.7. The fourth-order valence-corrected chi connectivity index (χ4v) is 4.15. The van der Waals surface area contributed by atoms with Crippen molar-refractivity contribution in [2.24, 2.45) is 5.92 Å². The highest BCUT2D eigenvalue weighted by Crippen LogP contribution is 2.32. The molecule has 1 aliphatic heterocycles. The van der Waals surface area contributed by atoms with Gasteiger partial charge >= 0.3 is 0 Å². The Morgan fingerprint density at radius 3 is 2.81 bits per heavy atom. The number of terminal acetylenes is 1. The second-order valence-corrected chi connectivity index (χ2v) is 8.00. The molecule has 0 aliphatic carbocycles. The predicted molar refractivity (Wildman–Crippen MR) is 125 cm³/mol. The van der Waals surface area contributed by atoms with Gasteiger partial charge in [0.05, 0.1) is 5.39 Å². The van der Waals surface area contributed by atoms with E-state index in [9.17, 15) is 0 Å². The lowest BCUT2D eigenvalue weighted by molar-refractivity contribution is 0.329. The van der Waals surface area contributed by atoms with Crippen molar-refractivity contribution in [3.05, 3.63) is 60.4 Å². The first-order valence-corrected chi connectivity index (χ1v) is 10.7. The van der Waals surface area contributed by atoms with Gasteiger partial charge in [-0.15, -0.1) is 6.42 Å². The van der Waals surface area contributed by atoms with Gasteiger partial charge in [0.15, 0.2) is 5.65 Å². The Hall–Kier alpha value is -3.89. The molecule has 7 heteroatoms. The predicted octanol–water partition coefficient (Wildman–Crippen LogP) is 3.85. The minimum absolute atomic E-state index is 0.435. The minimum atomic E-state index is 0.435. The standard InChI is InChI=1S/C25H24N6O/c1-2-17-5-3-7-21(13-17)32-20-10-8-19(9-11-20)23-22-24(26)28-16-29-25(22)31(30-23)15-18-6-4-12-27-14-18/h1,3,5,7-11,13,16,18,27H,4,6,12,14-15H2,(H2,26,28,29)/t18-/m0/s1. The third-order valence-corrected chi connectivity index (χ3v) is 5.75. The van der Waals surface area contributed by atoms with E-state index in [1.807, 2.05) is 53.2 Å². The molecule has 2 aromatic carbocycles. The zero-order valence-electron chi connectivity index (χ0n) is 17.7. The second-order valence-electron chi connectivity index (χ2n) is 8.00. The molecule has 0 bridgehead atoms. The van der Waals surface area contributed by atoms with Crippen LogP contribution >= 0.6 is 0 Å². The number of ether oxygens (including phenoxy) is 1. The maximum absolute atomic E-state index is 6.24. The number of piperidine rings is 1. The number of nitrogen functional groups attached to an aromatic ring is 1. The molecular weight excluding hydrogens is 400 g/mol. The molecule has 1 atom stereocenters. The smallest absolute Gasteiger partial charge is 0.163 e. The highest BCUT2D eigenvalue weighted by molar-refractivity contribution is 5.98. The highest BCUT2D eigenvalue weighted by Gasteiger charge is 2.20. The van der Waals surface area contributed by atoms with Crippen molar-refractivity contribution in [2.75, 3.05) is 18.8 Å². The lowest BCUT2D eigenvalue weighted by Crippen LogP contribution is -2.32. The summed E-state index contributed by atoms with van der Waals surface area (Å²) >= 11 is 0. The molecule has 1 fully saturated rings. The van der Waals surface area contributed by atoms with E-state index in [-0.39, 0.29) is 0 Å². The number of fused-ring (bicyclic) bond motifs is 1. The number of nitrogens with two attached hydrogens (primary N) is 1. The number of rotatable bonds is 5. The fourth-order valence-electron chi connectivity index (χ4n) is 4.15. The van der Waals surface area contributed by atoms with Gasteiger partial charge in [0.1, 0.15) is 29.3 Å². The van der Waals surface area contributed by atoms with Gasteiger partial charge in [0.2, 0.25) is 0 Å². The van der Waals surface area contributed by atoms with Crippen molar-refractivity contribution in [3.8, 4) is 35.1 Å². The fraction of sp³-hybridized carbons (Fsp3) is 0.240. The minimum Gasteiger partial charge on any atom is -0.457 e. The quantitative estimate of drug-likeness (QED) is 0.473. The van der Waals surface area contributed by atoms with E-state index in [4.69, 9.17) is 22.0 Å². The van der Waals surface area contributed by atoms with Gasteiger partial charge in [-0.2, -0.15) is 5.10 Å². The monoisotopic (exact) mass is 424 g/mol. The van der Waals surface area contributed by atoms with E-state index in [0.29, 0.717) is 23.2 Å². The average Bonchev–Trinajstić information content (AvgIpc) is 3.20. The zero-order valence-corrected chi connectivity index (χ0v) is 17.7. The maximum Gasteiger partial charge on any atom is 0.163 e. The van der Waals surface area contributed by atoms with Crippen molar-refractivity contribution >= 4 is 16.9 Å². The van der Waals surface area contributed by atoms with Crippen LogP contribution in [0.2, 0.25) is 0 Å². The Labute approximate surface area is 186 Å². The van der Waals surface area contributed by atoms with Crippen LogP contribution in [0, 0.1) is 18.3 Å². The van der Waals surface area contributed by atoms with E-state index in [2.05, 4.69) is 21.2 Å². The largest absolute Gasteiger partial charge is 0.457 e. The zero-order chi connectivity index (χ0) is 21.9. The number of nitrogens with zero attached hydrogens (tertiary/aromatic N) is 4. The Morgan fingerprint density at radius 2 is 2.03 bits per heavy atom. The number of anilines is 1. The average molecular weight is 425 g/mol. The Kier molecular flexibility index (Phi) is 5.44. The van der Waals surface area contributed by atoms with Crippen molar-refractivity contribution in [3.63, 3.8) is 0 Å². The van der Waals surface area contributed by atoms with Crippen LogP contribution in [0.15, 0.2) is 54.9 Å². The third kappa shape index (κ3) is 4.01. The molecule has 0 spiro atoms. The van der Waals surface area contributed by atoms with Crippen LogP contribution in [0.4, 0.5) is 5.82 Å². The number of benzene rings is 2. The molecule has 1 saturated heterocycles. The van der Waals surface area contributed by atoms with Gasteiger partial charge in [0, 0.05) is 17.7 Å². The van der Waals surface area contributed by atoms with Crippen LogP contribution in [0.1, 0.15) is 18.4 Å². The molecule has 5 rings (SSSR count).